The van der Waals surface area contributed by atoms with Crippen LogP contribution < -0.4 is 0 Å². The molecule has 1 heterocycles. The zero-order valence-electron chi connectivity index (χ0n) is 10.5. The molecule has 0 saturated carbocycles. The van der Waals surface area contributed by atoms with Crippen LogP contribution >= 0.6 is 0 Å². The molecule has 1 radical (unpaired) electrons. The summed E-state index contributed by atoms with van der Waals surface area (Å²) in [5.74, 6) is 0.246. The molecule has 0 N–H and O–H groups in total. The molecule has 3 heteroatoms. The zero-order valence-corrected chi connectivity index (χ0v) is 11.9. The van der Waals surface area contributed by atoms with Gasteiger partial charge in [0.15, 0.2) is 0 Å². The number of methoxy groups -OCH3 is 1. The summed E-state index contributed by atoms with van der Waals surface area (Å²) in [5, 5.41) is 0. The first kappa shape index (κ1) is 15.5. The molecule has 0 bridgehead atoms. The summed E-state index contributed by atoms with van der Waals surface area (Å²) in [4.78, 5) is 0. The van der Waals surface area contributed by atoms with Crippen molar-refractivity contribution in [2.75, 3.05) is 7.11 Å². The topological polar surface area (TPSA) is 18.5 Å². The van der Waals surface area contributed by atoms with E-state index in [-0.39, 0.29) is 48.2 Å². The average molecular weight is 250 g/mol. The van der Waals surface area contributed by atoms with Crippen molar-refractivity contribution in [2.45, 2.75) is 52.4 Å². The maximum absolute atomic E-state index is 5.95. The molecule has 1 fully saturated rings. The van der Waals surface area contributed by atoms with E-state index >= 15 is 0 Å². The van der Waals surface area contributed by atoms with Crippen LogP contribution in [0.4, 0.5) is 0 Å². The van der Waals surface area contributed by atoms with E-state index in [0.717, 1.165) is 6.42 Å². The molecule has 2 nitrogen and oxygen atoms in total. The van der Waals surface area contributed by atoms with E-state index in [9.17, 15) is 0 Å². The maximum Gasteiger partial charge on any atom is 0.0867 e. The molecular formula is C12H23O2V-. The molecule has 0 spiro atoms. The molecule has 0 aliphatic carbocycles. The molecular weight excluding hydrogens is 227 g/mol. The van der Waals surface area contributed by atoms with Crippen LogP contribution in [0.25, 0.3) is 0 Å². The van der Waals surface area contributed by atoms with Gasteiger partial charge in [0.05, 0.1) is 12.2 Å². The molecule has 89 valence electrons. The molecule has 0 aromatic heterocycles. The summed E-state index contributed by atoms with van der Waals surface area (Å²) >= 11 is 0. The normalized spacial score (nSPS) is 36.4. The average Bonchev–Trinajstić information content (AvgIpc) is 2.44. The van der Waals surface area contributed by atoms with Crippen LogP contribution in [0.1, 0.15) is 34.1 Å². The number of hydrogen-bond donors (Lipinski definition) is 0. The molecule has 1 aliphatic rings. The first-order chi connectivity index (χ1) is 6.44. The molecule has 1 rings (SSSR count). The largest absolute Gasteiger partial charge is 0.381 e. The Morgan fingerprint density at radius 2 is 1.93 bits per heavy atom. The van der Waals surface area contributed by atoms with Crippen LogP contribution in [0.15, 0.2) is 0 Å². The van der Waals surface area contributed by atoms with Crippen LogP contribution in [0.3, 0.4) is 0 Å². The van der Waals surface area contributed by atoms with Gasteiger partial charge >= 0.3 is 0 Å². The smallest absolute Gasteiger partial charge is 0.0867 e. The second kappa shape index (κ2) is 5.72. The van der Waals surface area contributed by atoms with Crippen molar-refractivity contribution in [3.8, 4) is 0 Å². The minimum Gasteiger partial charge on any atom is -0.381 e. The van der Waals surface area contributed by atoms with Gasteiger partial charge in [-0.1, -0.05) is 20.8 Å². The van der Waals surface area contributed by atoms with E-state index in [4.69, 9.17) is 9.47 Å². The van der Waals surface area contributed by atoms with Gasteiger partial charge in [0, 0.05) is 31.8 Å². The summed E-state index contributed by atoms with van der Waals surface area (Å²) in [6.45, 7) is 12.9. The second-order valence-electron chi connectivity index (χ2n) is 4.97. The van der Waals surface area contributed by atoms with Gasteiger partial charge < -0.3 is 16.4 Å². The van der Waals surface area contributed by atoms with Gasteiger partial charge in [-0.05, 0) is 18.8 Å². The predicted molar refractivity (Wildman–Crippen MR) is 58.1 cm³/mol. The van der Waals surface area contributed by atoms with Crippen molar-refractivity contribution in [2.24, 2.45) is 11.3 Å². The Morgan fingerprint density at radius 1 is 1.40 bits per heavy atom. The van der Waals surface area contributed by atoms with Gasteiger partial charge in [-0.25, -0.2) is 0 Å². The van der Waals surface area contributed by atoms with Gasteiger partial charge in [0.2, 0.25) is 0 Å². The minimum atomic E-state index is 0. The van der Waals surface area contributed by atoms with Gasteiger partial charge in [-0.15, -0.1) is 5.92 Å². The zero-order chi connectivity index (χ0) is 10.9. The Bertz CT molecular complexity index is 194. The van der Waals surface area contributed by atoms with E-state index in [1.165, 1.54) is 0 Å². The number of ether oxygens (including phenoxy) is 2. The fourth-order valence-electron chi connectivity index (χ4n) is 2.03. The maximum atomic E-state index is 5.95. The Balaban J connectivity index is 0.00000196. The van der Waals surface area contributed by atoms with E-state index in [1.54, 1.807) is 7.11 Å². The van der Waals surface area contributed by atoms with E-state index < -0.39 is 0 Å². The summed E-state index contributed by atoms with van der Waals surface area (Å²) in [5.41, 5.74) is 0.168. The molecule has 1 saturated heterocycles. The molecule has 0 amide bonds. The number of rotatable bonds is 3. The molecule has 0 aromatic carbocycles. The Hall–Kier alpha value is 0.504. The first-order valence-electron chi connectivity index (χ1n) is 5.45. The van der Waals surface area contributed by atoms with Crippen molar-refractivity contribution < 1.29 is 28.0 Å². The Kier molecular flexibility index (Phi) is 5.91. The second-order valence-corrected chi connectivity index (χ2v) is 4.97. The van der Waals surface area contributed by atoms with Crippen molar-refractivity contribution in [1.29, 1.82) is 0 Å². The molecule has 15 heavy (non-hydrogen) atoms. The van der Waals surface area contributed by atoms with E-state index in [2.05, 4.69) is 34.6 Å². The first-order valence-corrected chi connectivity index (χ1v) is 5.45. The van der Waals surface area contributed by atoms with Crippen molar-refractivity contribution in [3.05, 3.63) is 6.92 Å². The van der Waals surface area contributed by atoms with Crippen molar-refractivity contribution >= 4 is 0 Å². The van der Waals surface area contributed by atoms with E-state index in [1.807, 2.05) is 0 Å². The third-order valence-corrected chi connectivity index (χ3v) is 3.64. The fraction of sp³-hybridized carbons (Fsp3) is 0.917. The van der Waals surface area contributed by atoms with Gasteiger partial charge in [0.1, 0.15) is 0 Å². The van der Waals surface area contributed by atoms with Gasteiger partial charge in [-0.3, -0.25) is 0 Å². The van der Waals surface area contributed by atoms with Crippen LogP contribution in [-0.2, 0) is 28.0 Å². The molecule has 1 aliphatic heterocycles. The molecule has 0 aromatic rings. The number of hydrogen-bond acceptors (Lipinski definition) is 2. The Labute approximate surface area is 106 Å². The standard InChI is InChI=1S/C12H23O2.V/c1-7-12(4,5)11-10(13-6)8(2)9(3)14-11;/h8-11H,2,7H2,1,3-6H3;/q-1;. The molecule has 4 unspecified atom stereocenters. The van der Waals surface area contributed by atoms with Crippen LogP contribution in [0.2, 0.25) is 0 Å². The van der Waals surface area contributed by atoms with Gasteiger partial charge in [0.25, 0.3) is 0 Å². The third-order valence-electron chi connectivity index (χ3n) is 3.64. The van der Waals surface area contributed by atoms with E-state index in [0.29, 0.717) is 0 Å². The predicted octanol–water partition coefficient (Wildman–Crippen LogP) is 2.67. The van der Waals surface area contributed by atoms with Crippen LogP contribution in [0, 0.1) is 18.3 Å². The van der Waals surface area contributed by atoms with Gasteiger partial charge in [-0.2, -0.15) is 0 Å². The summed E-state index contributed by atoms with van der Waals surface area (Å²) in [6, 6.07) is 0. The minimum absolute atomic E-state index is 0. The summed E-state index contributed by atoms with van der Waals surface area (Å²) in [7, 11) is 1.75. The monoisotopic (exact) mass is 250 g/mol. The van der Waals surface area contributed by atoms with Crippen molar-refractivity contribution in [1.82, 2.24) is 0 Å². The summed E-state index contributed by atoms with van der Waals surface area (Å²) in [6.07, 6.45) is 1.61. The van der Waals surface area contributed by atoms with Crippen LogP contribution in [0.5, 0.6) is 0 Å². The molecule has 4 atom stereocenters. The van der Waals surface area contributed by atoms with Crippen LogP contribution in [-0.4, -0.2) is 25.4 Å². The Morgan fingerprint density at radius 3 is 2.33 bits per heavy atom. The van der Waals surface area contributed by atoms with Crippen molar-refractivity contribution in [3.63, 3.8) is 0 Å². The quantitative estimate of drug-likeness (QED) is 0.717. The fourth-order valence-corrected chi connectivity index (χ4v) is 2.03. The summed E-state index contributed by atoms with van der Waals surface area (Å²) < 4.78 is 11.5. The third kappa shape index (κ3) is 3.00. The SMILES string of the molecule is [CH2-]C1C(C)OC(C(C)(C)CC)C1OC.[V].